The average Bonchev–Trinajstić information content (AvgIpc) is 3.13. The highest BCUT2D eigenvalue weighted by Gasteiger charge is 2.47. The molecular formula is C18H21ClN4O3. The second kappa shape index (κ2) is 7.07. The highest BCUT2D eigenvalue weighted by atomic mass is 35.5. The van der Waals surface area contributed by atoms with Gasteiger partial charge in [0.2, 0.25) is 0 Å². The molecule has 0 spiro atoms. The van der Waals surface area contributed by atoms with E-state index in [2.05, 4.69) is 29.3 Å². The van der Waals surface area contributed by atoms with E-state index in [1.165, 1.54) is 0 Å². The molecule has 0 aliphatic carbocycles. The Balaban J connectivity index is 1.72. The van der Waals surface area contributed by atoms with Gasteiger partial charge in [-0.3, -0.25) is 9.69 Å². The lowest BCUT2D eigenvalue weighted by Gasteiger charge is -2.22. The minimum atomic E-state index is -0.885. The Hall–Kier alpha value is -2.41. The van der Waals surface area contributed by atoms with Gasteiger partial charge in [-0.15, -0.1) is 0 Å². The van der Waals surface area contributed by atoms with Crippen molar-refractivity contribution in [1.29, 1.82) is 0 Å². The van der Waals surface area contributed by atoms with Crippen LogP contribution < -0.4 is 5.32 Å². The summed E-state index contributed by atoms with van der Waals surface area (Å²) in [4.78, 5) is 30.4. The third-order valence-corrected chi connectivity index (χ3v) is 4.68. The molecule has 1 unspecified atom stereocenters. The van der Waals surface area contributed by atoms with E-state index in [4.69, 9.17) is 16.1 Å². The molecule has 1 aromatic heterocycles. The standard InChI is InChI=1S/C18H21ClN4O3/c1-11(2)8-9-18(3)16(24)23(17(25)21-18)10-14-20-15(26-22-14)12-4-6-13(19)7-5-12/h4-7,11H,8-10H2,1-3H3,(H,21,25). The van der Waals surface area contributed by atoms with Gasteiger partial charge in [-0.25, -0.2) is 4.79 Å². The topological polar surface area (TPSA) is 88.3 Å². The molecular weight excluding hydrogens is 356 g/mol. The van der Waals surface area contributed by atoms with E-state index in [0.717, 1.165) is 11.3 Å². The van der Waals surface area contributed by atoms with E-state index in [0.29, 0.717) is 28.8 Å². The van der Waals surface area contributed by atoms with Gasteiger partial charge in [0.1, 0.15) is 5.54 Å². The van der Waals surface area contributed by atoms with Crippen molar-refractivity contribution in [3.63, 3.8) is 0 Å². The Morgan fingerprint density at radius 2 is 1.96 bits per heavy atom. The summed E-state index contributed by atoms with van der Waals surface area (Å²) in [6.07, 6.45) is 1.44. The molecule has 1 aliphatic heterocycles. The van der Waals surface area contributed by atoms with E-state index < -0.39 is 11.6 Å². The number of benzene rings is 1. The summed E-state index contributed by atoms with van der Waals surface area (Å²) in [7, 11) is 0. The number of rotatable bonds is 6. The first-order valence-electron chi connectivity index (χ1n) is 8.51. The smallest absolute Gasteiger partial charge is 0.325 e. The fraction of sp³-hybridized carbons (Fsp3) is 0.444. The predicted molar refractivity (Wildman–Crippen MR) is 96.3 cm³/mol. The van der Waals surface area contributed by atoms with E-state index in [1.54, 1.807) is 31.2 Å². The summed E-state index contributed by atoms with van der Waals surface area (Å²) in [6.45, 7) is 5.89. The van der Waals surface area contributed by atoms with Gasteiger partial charge in [0.25, 0.3) is 11.8 Å². The number of nitrogens with one attached hydrogen (secondary N) is 1. The van der Waals surface area contributed by atoms with Crippen molar-refractivity contribution < 1.29 is 14.1 Å². The second-order valence-electron chi connectivity index (χ2n) is 7.11. The van der Waals surface area contributed by atoms with Crippen molar-refractivity contribution in [3.05, 3.63) is 35.1 Å². The number of carbonyl (C=O) groups is 2. The zero-order valence-corrected chi connectivity index (χ0v) is 15.7. The number of amides is 3. The van der Waals surface area contributed by atoms with Crippen LogP contribution >= 0.6 is 11.6 Å². The average molecular weight is 377 g/mol. The summed E-state index contributed by atoms with van der Waals surface area (Å²) in [5, 5.41) is 7.27. The van der Waals surface area contributed by atoms with Gasteiger partial charge in [-0.2, -0.15) is 4.98 Å². The highest BCUT2D eigenvalue weighted by molar-refractivity contribution is 6.30. The van der Waals surface area contributed by atoms with Gasteiger partial charge in [-0.05, 0) is 49.9 Å². The fourth-order valence-electron chi connectivity index (χ4n) is 2.81. The van der Waals surface area contributed by atoms with Gasteiger partial charge in [0, 0.05) is 10.6 Å². The molecule has 0 bridgehead atoms. The Labute approximate surface area is 156 Å². The molecule has 2 aromatic rings. The number of nitrogens with zero attached hydrogens (tertiary/aromatic N) is 3. The molecule has 1 saturated heterocycles. The second-order valence-corrected chi connectivity index (χ2v) is 7.55. The molecule has 8 heteroatoms. The molecule has 138 valence electrons. The lowest BCUT2D eigenvalue weighted by atomic mass is 9.92. The number of carbonyl (C=O) groups excluding carboxylic acids is 2. The molecule has 1 aliphatic rings. The van der Waals surface area contributed by atoms with Crippen LogP contribution in [0.3, 0.4) is 0 Å². The molecule has 0 saturated carbocycles. The third kappa shape index (κ3) is 3.72. The molecule has 26 heavy (non-hydrogen) atoms. The van der Waals surface area contributed by atoms with Crippen LogP contribution in [0, 0.1) is 5.92 Å². The van der Waals surface area contributed by atoms with Crippen molar-refractivity contribution in [2.75, 3.05) is 0 Å². The normalized spacial score (nSPS) is 20.1. The number of aromatic nitrogens is 2. The lowest BCUT2D eigenvalue weighted by molar-refractivity contribution is -0.131. The van der Waals surface area contributed by atoms with E-state index >= 15 is 0 Å². The summed E-state index contributed by atoms with van der Waals surface area (Å²) < 4.78 is 5.23. The Bertz CT molecular complexity index is 818. The minimum Gasteiger partial charge on any atom is -0.334 e. The molecule has 1 aromatic carbocycles. The maximum absolute atomic E-state index is 12.7. The Morgan fingerprint density at radius 3 is 2.62 bits per heavy atom. The van der Waals surface area contributed by atoms with Crippen LogP contribution in [0.2, 0.25) is 5.02 Å². The van der Waals surface area contributed by atoms with Crippen LogP contribution in [0.25, 0.3) is 11.5 Å². The van der Waals surface area contributed by atoms with E-state index in [-0.39, 0.29) is 18.3 Å². The van der Waals surface area contributed by atoms with Gasteiger partial charge >= 0.3 is 6.03 Å². The summed E-state index contributed by atoms with van der Waals surface area (Å²) >= 11 is 5.87. The summed E-state index contributed by atoms with van der Waals surface area (Å²) in [5.41, 5.74) is -0.170. The van der Waals surface area contributed by atoms with Crippen LogP contribution in [0.15, 0.2) is 28.8 Å². The quantitative estimate of drug-likeness (QED) is 0.777. The maximum atomic E-state index is 12.7. The van der Waals surface area contributed by atoms with Crippen LogP contribution in [-0.4, -0.2) is 32.5 Å². The number of imide groups is 1. The summed E-state index contributed by atoms with van der Waals surface area (Å²) in [6, 6.07) is 6.53. The van der Waals surface area contributed by atoms with E-state index in [9.17, 15) is 9.59 Å². The number of hydrogen-bond donors (Lipinski definition) is 1. The number of hydrogen-bond acceptors (Lipinski definition) is 5. The number of halogens is 1. The first kappa shape index (κ1) is 18.4. The molecule has 1 N–H and O–H groups in total. The van der Waals surface area contributed by atoms with E-state index in [1.807, 2.05) is 0 Å². The molecule has 1 atom stereocenters. The lowest BCUT2D eigenvalue weighted by Crippen LogP contribution is -2.44. The molecule has 2 heterocycles. The highest BCUT2D eigenvalue weighted by Crippen LogP contribution is 2.26. The van der Waals surface area contributed by atoms with Crippen LogP contribution in [0.5, 0.6) is 0 Å². The molecule has 3 amide bonds. The Morgan fingerprint density at radius 1 is 1.27 bits per heavy atom. The van der Waals surface area contributed by atoms with Gasteiger partial charge in [0.05, 0.1) is 6.54 Å². The predicted octanol–water partition coefficient (Wildman–Crippen LogP) is 3.64. The Kier molecular flexibility index (Phi) is 5.00. The zero-order valence-electron chi connectivity index (χ0n) is 15.0. The van der Waals surface area contributed by atoms with Gasteiger partial charge in [0.15, 0.2) is 5.82 Å². The van der Waals surface area contributed by atoms with Crippen molar-refractivity contribution in [2.24, 2.45) is 5.92 Å². The van der Waals surface area contributed by atoms with Crippen LogP contribution in [0.4, 0.5) is 4.79 Å². The third-order valence-electron chi connectivity index (χ3n) is 4.43. The fourth-order valence-corrected chi connectivity index (χ4v) is 2.93. The first-order valence-corrected chi connectivity index (χ1v) is 8.89. The SMILES string of the molecule is CC(C)CCC1(C)NC(=O)N(Cc2noc(-c3ccc(Cl)cc3)n2)C1=O. The monoisotopic (exact) mass is 376 g/mol. The van der Waals surface area contributed by atoms with Crippen molar-refractivity contribution in [3.8, 4) is 11.5 Å². The zero-order chi connectivity index (χ0) is 18.9. The van der Waals surface area contributed by atoms with Crippen LogP contribution in [0.1, 0.15) is 39.4 Å². The van der Waals surface area contributed by atoms with Gasteiger partial charge in [-0.1, -0.05) is 30.6 Å². The largest absolute Gasteiger partial charge is 0.334 e. The minimum absolute atomic E-state index is 0.0287. The maximum Gasteiger partial charge on any atom is 0.325 e. The van der Waals surface area contributed by atoms with Crippen molar-refractivity contribution in [2.45, 2.75) is 45.7 Å². The first-order chi connectivity index (χ1) is 12.3. The van der Waals surface area contributed by atoms with Crippen LogP contribution in [-0.2, 0) is 11.3 Å². The van der Waals surface area contributed by atoms with Crippen molar-refractivity contribution in [1.82, 2.24) is 20.4 Å². The summed E-state index contributed by atoms with van der Waals surface area (Å²) in [5.74, 6) is 0.767. The number of urea groups is 1. The molecule has 1 fully saturated rings. The molecule has 7 nitrogen and oxygen atoms in total. The van der Waals surface area contributed by atoms with Gasteiger partial charge < -0.3 is 9.84 Å². The molecule has 3 rings (SSSR count). The van der Waals surface area contributed by atoms with Crippen molar-refractivity contribution >= 4 is 23.5 Å². The molecule has 0 radical (unpaired) electrons.